The molecule has 0 aliphatic carbocycles. The SMILES string of the molecule is Cc1cc(N2CCCOC[C@H]2c2ncc(CS(C)(=O)=O)cc2Cl)nc(N)n1. The Morgan fingerprint density at radius 2 is 2.15 bits per heavy atom. The Labute approximate surface area is 163 Å². The summed E-state index contributed by atoms with van der Waals surface area (Å²) in [6.07, 6.45) is 3.55. The Hall–Kier alpha value is -1.97. The highest BCUT2D eigenvalue weighted by atomic mass is 35.5. The summed E-state index contributed by atoms with van der Waals surface area (Å²) in [4.78, 5) is 15.0. The second kappa shape index (κ2) is 7.95. The fourth-order valence-electron chi connectivity index (χ4n) is 3.12. The minimum absolute atomic E-state index is 0.105. The van der Waals surface area contributed by atoms with E-state index in [9.17, 15) is 8.42 Å². The number of pyridine rings is 1. The number of nitrogen functional groups attached to an aromatic ring is 1. The maximum atomic E-state index is 11.5. The molecule has 0 radical (unpaired) electrons. The molecule has 1 aliphatic heterocycles. The Kier molecular flexibility index (Phi) is 5.83. The smallest absolute Gasteiger partial charge is 0.222 e. The molecule has 2 N–H and O–H groups in total. The molecule has 3 rings (SSSR count). The standard InChI is InChI=1S/C17H22ClN5O3S/c1-11-6-15(22-17(19)21-11)23-4-3-5-26-9-14(23)16-13(18)7-12(8-20-16)10-27(2,24)25/h6-8,14H,3-5,9-10H2,1-2H3,(H2,19,21,22)/t14-/m0/s1. The Balaban J connectivity index is 1.98. The molecule has 10 heteroatoms. The molecule has 1 aliphatic rings. The summed E-state index contributed by atoms with van der Waals surface area (Å²) in [5, 5.41) is 0.399. The van der Waals surface area contributed by atoms with Gasteiger partial charge in [0.1, 0.15) is 5.82 Å². The normalized spacial score (nSPS) is 18.3. The van der Waals surface area contributed by atoms with Crippen LogP contribution in [0.2, 0.25) is 5.02 Å². The van der Waals surface area contributed by atoms with Gasteiger partial charge in [0.2, 0.25) is 5.95 Å². The van der Waals surface area contributed by atoms with Gasteiger partial charge in [-0.2, -0.15) is 4.98 Å². The van der Waals surface area contributed by atoms with Crippen LogP contribution in [0.25, 0.3) is 0 Å². The molecule has 0 saturated carbocycles. The highest BCUT2D eigenvalue weighted by Crippen LogP contribution is 2.32. The first kappa shape index (κ1) is 19.8. The summed E-state index contributed by atoms with van der Waals surface area (Å²) in [5.41, 5.74) is 7.75. The maximum Gasteiger partial charge on any atom is 0.222 e. The second-order valence-electron chi connectivity index (χ2n) is 6.64. The zero-order valence-corrected chi connectivity index (χ0v) is 16.8. The van der Waals surface area contributed by atoms with Crippen molar-refractivity contribution in [3.63, 3.8) is 0 Å². The van der Waals surface area contributed by atoms with Gasteiger partial charge in [0.15, 0.2) is 9.84 Å². The number of anilines is 2. The molecular weight excluding hydrogens is 390 g/mol. The zero-order chi connectivity index (χ0) is 19.6. The average molecular weight is 412 g/mol. The molecule has 0 amide bonds. The molecule has 146 valence electrons. The van der Waals surface area contributed by atoms with Gasteiger partial charge in [0.25, 0.3) is 0 Å². The summed E-state index contributed by atoms with van der Waals surface area (Å²) in [7, 11) is -3.17. The van der Waals surface area contributed by atoms with Crippen LogP contribution in [0.15, 0.2) is 18.3 Å². The first-order valence-corrected chi connectivity index (χ1v) is 10.9. The van der Waals surface area contributed by atoms with E-state index in [0.29, 0.717) is 41.9 Å². The van der Waals surface area contributed by atoms with Crippen molar-refractivity contribution >= 4 is 33.2 Å². The van der Waals surface area contributed by atoms with Crippen molar-refractivity contribution < 1.29 is 13.2 Å². The predicted octanol–water partition coefficient (Wildman–Crippen LogP) is 1.93. The lowest BCUT2D eigenvalue weighted by Crippen LogP contribution is -2.32. The third kappa shape index (κ3) is 5.06. The summed E-state index contributed by atoms with van der Waals surface area (Å²) < 4.78 is 28.8. The number of aryl methyl sites for hydroxylation is 1. The van der Waals surface area contributed by atoms with Crippen molar-refractivity contribution in [1.82, 2.24) is 15.0 Å². The molecule has 8 nitrogen and oxygen atoms in total. The van der Waals surface area contributed by atoms with E-state index < -0.39 is 9.84 Å². The minimum atomic E-state index is -3.17. The van der Waals surface area contributed by atoms with Crippen LogP contribution in [0, 0.1) is 6.92 Å². The van der Waals surface area contributed by atoms with Crippen molar-refractivity contribution in [3.05, 3.63) is 40.3 Å². The number of halogens is 1. The van der Waals surface area contributed by atoms with Crippen molar-refractivity contribution in [1.29, 1.82) is 0 Å². The fourth-order valence-corrected chi connectivity index (χ4v) is 4.19. The number of hydrogen-bond acceptors (Lipinski definition) is 8. The summed E-state index contributed by atoms with van der Waals surface area (Å²) in [6.45, 7) is 3.57. The van der Waals surface area contributed by atoms with Crippen molar-refractivity contribution in [2.45, 2.75) is 25.1 Å². The third-order valence-corrected chi connectivity index (χ3v) is 5.32. The molecule has 1 saturated heterocycles. The number of nitrogens with zero attached hydrogens (tertiary/aromatic N) is 4. The quantitative estimate of drug-likeness (QED) is 0.812. The molecule has 3 heterocycles. The Morgan fingerprint density at radius 3 is 2.81 bits per heavy atom. The number of rotatable bonds is 4. The summed E-state index contributed by atoms with van der Waals surface area (Å²) >= 11 is 6.46. The summed E-state index contributed by atoms with van der Waals surface area (Å²) in [6, 6.07) is 3.25. The Morgan fingerprint density at radius 1 is 1.37 bits per heavy atom. The van der Waals surface area contributed by atoms with Gasteiger partial charge in [-0.3, -0.25) is 4.98 Å². The number of ether oxygens (including phenoxy) is 1. The van der Waals surface area contributed by atoms with Crippen molar-refractivity contribution in [2.75, 3.05) is 36.6 Å². The number of aromatic nitrogens is 3. The number of hydrogen-bond donors (Lipinski definition) is 1. The highest BCUT2D eigenvalue weighted by Gasteiger charge is 2.28. The first-order valence-electron chi connectivity index (χ1n) is 8.50. The molecule has 0 spiro atoms. The fraction of sp³-hybridized carbons (Fsp3) is 0.471. The van der Waals surface area contributed by atoms with Crippen LogP contribution >= 0.6 is 11.6 Å². The molecule has 0 aromatic carbocycles. The van der Waals surface area contributed by atoms with Crippen LogP contribution in [-0.4, -0.2) is 49.4 Å². The van der Waals surface area contributed by atoms with Crippen LogP contribution in [0.1, 0.15) is 29.4 Å². The first-order chi connectivity index (χ1) is 12.7. The lowest BCUT2D eigenvalue weighted by atomic mass is 10.1. The molecule has 0 bridgehead atoms. The van der Waals surface area contributed by atoms with E-state index in [1.54, 1.807) is 12.3 Å². The topological polar surface area (TPSA) is 111 Å². The molecule has 0 unspecified atom stereocenters. The van der Waals surface area contributed by atoms with Gasteiger partial charge in [-0.15, -0.1) is 0 Å². The Bertz CT molecular complexity index is 918. The van der Waals surface area contributed by atoms with Gasteiger partial charge >= 0.3 is 0 Å². The van der Waals surface area contributed by atoms with Gasteiger partial charge in [-0.1, -0.05) is 11.6 Å². The molecule has 2 aromatic heterocycles. The average Bonchev–Trinajstić information content (AvgIpc) is 2.78. The van der Waals surface area contributed by atoms with Gasteiger partial charge < -0.3 is 15.4 Å². The third-order valence-electron chi connectivity index (χ3n) is 4.16. The number of sulfone groups is 1. The van der Waals surface area contributed by atoms with Crippen LogP contribution in [0.5, 0.6) is 0 Å². The lowest BCUT2D eigenvalue weighted by molar-refractivity contribution is 0.133. The van der Waals surface area contributed by atoms with Gasteiger partial charge in [0, 0.05) is 37.4 Å². The van der Waals surface area contributed by atoms with Gasteiger partial charge in [0.05, 0.1) is 29.1 Å². The van der Waals surface area contributed by atoms with Gasteiger partial charge in [-0.05, 0) is 25.0 Å². The largest absolute Gasteiger partial charge is 0.379 e. The molecule has 1 fully saturated rings. The van der Waals surface area contributed by atoms with Crippen LogP contribution in [0.4, 0.5) is 11.8 Å². The second-order valence-corrected chi connectivity index (χ2v) is 9.19. The minimum Gasteiger partial charge on any atom is -0.379 e. The van der Waals surface area contributed by atoms with Gasteiger partial charge in [-0.25, -0.2) is 13.4 Å². The molecular formula is C17H22ClN5O3S. The van der Waals surface area contributed by atoms with E-state index in [4.69, 9.17) is 22.1 Å². The van der Waals surface area contributed by atoms with Crippen LogP contribution in [0.3, 0.4) is 0 Å². The monoisotopic (exact) mass is 411 g/mol. The van der Waals surface area contributed by atoms with Crippen molar-refractivity contribution in [2.24, 2.45) is 0 Å². The number of nitrogens with two attached hydrogens (primary N) is 1. The van der Waals surface area contributed by atoms with Crippen molar-refractivity contribution in [3.8, 4) is 0 Å². The van der Waals surface area contributed by atoms with E-state index in [1.807, 2.05) is 13.0 Å². The van der Waals surface area contributed by atoms with E-state index in [2.05, 4.69) is 19.9 Å². The van der Waals surface area contributed by atoms with E-state index >= 15 is 0 Å². The molecule has 2 aromatic rings. The lowest BCUT2D eigenvalue weighted by Gasteiger charge is -2.30. The molecule has 27 heavy (non-hydrogen) atoms. The maximum absolute atomic E-state index is 11.5. The zero-order valence-electron chi connectivity index (χ0n) is 15.2. The highest BCUT2D eigenvalue weighted by molar-refractivity contribution is 7.89. The molecule has 1 atom stereocenters. The van der Waals surface area contributed by atoms with Crippen LogP contribution < -0.4 is 10.6 Å². The van der Waals surface area contributed by atoms with E-state index in [-0.39, 0.29) is 17.7 Å². The summed E-state index contributed by atoms with van der Waals surface area (Å²) in [5.74, 6) is 0.789. The van der Waals surface area contributed by atoms with Crippen LogP contribution in [-0.2, 0) is 20.3 Å². The van der Waals surface area contributed by atoms with E-state index in [0.717, 1.165) is 12.1 Å². The predicted molar refractivity (Wildman–Crippen MR) is 104 cm³/mol. The van der Waals surface area contributed by atoms with E-state index in [1.165, 1.54) is 6.26 Å².